The molecule has 8 heteroatoms. The van der Waals surface area contributed by atoms with Crippen LogP contribution in [0.2, 0.25) is 0 Å². The highest BCUT2D eigenvalue weighted by Gasteiger charge is 2.35. The predicted octanol–water partition coefficient (Wildman–Crippen LogP) is 0.863. The lowest BCUT2D eigenvalue weighted by atomic mass is 10.1. The van der Waals surface area contributed by atoms with Gasteiger partial charge in [0.05, 0.1) is 5.69 Å². The Hall–Kier alpha value is -2.58. The lowest BCUT2D eigenvalue weighted by molar-refractivity contribution is -0.117. The molecule has 2 aromatic carbocycles. The van der Waals surface area contributed by atoms with E-state index in [1.807, 2.05) is 35.1 Å². The van der Waals surface area contributed by atoms with Crippen LogP contribution >= 0.6 is 0 Å². The number of phenolic OH excluding ortho intramolecular Hbond substituents is 1. The molecular weight excluding hydrogens is 330 g/mol. The summed E-state index contributed by atoms with van der Waals surface area (Å²) in [6.07, 6.45) is 0. The first kappa shape index (κ1) is 16.3. The maximum Gasteiger partial charge on any atom is 0.326 e. The Kier molecular flexibility index (Phi) is 4.41. The summed E-state index contributed by atoms with van der Waals surface area (Å²) in [5.41, 5.74) is 2.02. The van der Waals surface area contributed by atoms with E-state index in [-0.39, 0.29) is 18.0 Å². The number of carbonyl (C=O) groups excluding carboxylic acids is 1. The largest absolute Gasteiger partial charge is 0.506 e. The van der Waals surface area contributed by atoms with Crippen molar-refractivity contribution in [2.75, 3.05) is 10.8 Å². The molecule has 1 aliphatic rings. The van der Waals surface area contributed by atoms with Gasteiger partial charge >= 0.3 is 10.2 Å². The van der Waals surface area contributed by atoms with Gasteiger partial charge < -0.3 is 10.4 Å². The van der Waals surface area contributed by atoms with Crippen LogP contribution in [0.15, 0.2) is 48.5 Å². The number of benzene rings is 2. The van der Waals surface area contributed by atoms with Gasteiger partial charge in [-0.3, -0.25) is 4.79 Å². The zero-order valence-corrected chi connectivity index (χ0v) is 13.6. The van der Waals surface area contributed by atoms with Crippen LogP contribution in [0.5, 0.6) is 5.75 Å². The van der Waals surface area contributed by atoms with Gasteiger partial charge in [0.15, 0.2) is 0 Å². The molecule has 0 spiro atoms. The summed E-state index contributed by atoms with van der Waals surface area (Å²) in [4.78, 5) is 11.3. The van der Waals surface area contributed by atoms with Crippen molar-refractivity contribution in [1.82, 2.24) is 10.0 Å². The third kappa shape index (κ3) is 3.50. The minimum Gasteiger partial charge on any atom is -0.506 e. The van der Waals surface area contributed by atoms with Gasteiger partial charge in [0, 0.05) is 13.1 Å². The summed E-state index contributed by atoms with van der Waals surface area (Å²) >= 11 is 0. The molecule has 2 aromatic rings. The van der Waals surface area contributed by atoms with Gasteiger partial charge in [0.1, 0.15) is 12.3 Å². The van der Waals surface area contributed by atoms with Crippen molar-refractivity contribution in [2.45, 2.75) is 13.1 Å². The van der Waals surface area contributed by atoms with Crippen LogP contribution in [-0.2, 0) is 28.1 Å². The van der Waals surface area contributed by atoms with Crippen LogP contribution < -0.4 is 14.3 Å². The molecule has 0 aliphatic carbocycles. The van der Waals surface area contributed by atoms with Crippen molar-refractivity contribution in [3.8, 4) is 5.75 Å². The summed E-state index contributed by atoms with van der Waals surface area (Å²) in [6.45, 7) is 0.827. The van der Waals surface area contributed by atoms with Crippen LogP contribution in [0.3, 0.4) is 0 Å². The highest BCUT2D eigenvalue weighted by atomic mass is 32.2. The summed E-state index contributed by atoms with van der Waals surface area (Å²) in [5, 5.41) is 13.2. The molecule has 0 atom stereocenters. The number of carbonyl (C=O) groups is 1. The zero-order valence-electron chi connectivity index (χ0n) is 12.8. The van der Waals surface area contributed by atoms with Crippen molar-refractivity contribution in [3.63, 3.8) is 0 Å². The third-order valence-electron chi connectivity index (χ3n) is 3.63. The van der Waals surface area contributed by atoms with Crippen molar-refractivity contribution in [2.24, 2.45) is 0 Å². The number of aromatic hydroxyl groups is 1. The van der Waals surface area contributed by atoms with Gasteiger partial charge in [-0.05, 0) is 23.3 Å². The van der Waals surface area contributed by atoms with E-state index in [0.29, 0.717) is 13.1 Å². The number of hydrogen-bond donors (Lipinski definition) is 3. The number of hydrogen-bond acceptors (Lipinski definition) is 5. The van der Waals surface area contributed by atoms with Gasteiger partial charge in [0.25, 0.3) is 5.91 Å². The van der Waals surface area contributed by atoms with E-state index in [1.165, 1.54) is 6.07 Å². The van der Waals surface area contributed by atoms with Crippen LogP contribution in [0.4, 0.5) is 5.69 Å². The second-order valence-corrected chi connectivity index (χ2v) is 7.04. The van der Waals surface area contributed by atoms with Crippen molar-refractivity contribution in [3.05, 3.63) is 59.7 Å². The smallest absolute Gasteiger partial charge is 0.326 e. The second-order valence-electron chi connectivity index (χ2n) is 5.45. The minimum absolute atomic E-state index is 0.0901. The molecule has 1 fully saturated rings. The van der Waals surface area contributed by atoms with Gasteiger partial charge in [0.2, 0.25) is 0 Å². The van der Waals surface area contributed by atoms with E-state index in [0.717, 1.165) is 15.4 Å². The average Bonchev–Trinajstić information content (AvgIpc) is 2.82. The molecule has 24 heavy (non-hydrogen) atoms. The maximum atomic E-state index is 11.9. The van der Waals surface area contributed by atoms with Gasteiger partial charge in [-0.2, -0.15) is 8.42 Å². The van der Waals surface area contributed by atoms with Gasteiger partial charge in [-0.15, -0.1) is 0 Å². The number of phenols is 1. The van der Waals surface area contributed by atoms with E-state index < -0.39 is 16.1 Å². The molecule has 0 unspecified atom stereocenters. The number of nitrogens with one attached hydrogen (secondary N) is 2. The van der Waals surface area contributed by atoms with Crippen LogP contribution in [0.25, 0.3) is 0 Å². The first-order valence-corrected chi connectivity index (χ1v) is 8.79. The van der Waals surface area contributed by atoms with Crippen molar-refractivity contribution in [1.29, 1.82) is 0 Å². The minimum atomic E-state index is -3.94. The molecule has 126 valence electrons. The summed E-state index contributed by atoms with van der Waals surface area (Å²) in [5.74, 6) is -0.816. The second kappa shape index (κ2) is 6.50. The van der Waals surface area contributed by atoms with Crippen LogP contribution in [0, 0.1) is 0 Å². The van der Waals surface area contributed by atoms with E-state index in [2.05, 4.69) is 5.32 Å². The predicted molar refractivity (Wildman–Crippen MR) is 89.5 cm³/mol. The monoisotopic (exact) mass is 347 g/mol. The van der Waals surface area contributed by atoms with Crippen LogP contribution in [0.1, 0.15) is 11.1 Å². The molecule has 0 saturated carbocycles. The lowest BCUT2D eigenvalue weighted by Crippen LogP contribution is -2.29. The van der Waals surface area contributed by atoms with Crippen molar-refractivity contribution < 1.29 is 18.3 Å². The number of rotatable bonds is 5. The molecule has 1 aliphatic heterocycles. The van der Waals surface area contributed by atoms with E-state index in [1.54, 1.807) is 12.1 Å². The lowest BCUT2D eigenvalue weighted by Gasteiger charge is -2.17. The average molecular weight is 347 g/mol. The molecule has 3 rings (SSSR count). The Labute approximate surface area is 140 Å². The van der Waals surface area contributed by atoms with Crippen molar-refractivity contribution >= 4 is 21.8 Å². The van der Waals surface area contributed by atoms with Crippen LogP contribution in [-0.4, -0.2) is 26.0 Å². The fourth-order valence-corrected chi connectivity index (χ4v) is 3.64. The Morgan fingerprint density at radius 3 is 2.46 bits per heavy atom. The first-order chi connectivity index (χ1) is 11.5. The van der Waals surface area contributed by atoms with E-state index >= 15 is 0 Å². The molecule has 3 N–H and O–H groups in total. The molecule has 0 aromatic heterocycles. The highest BCUT2D eigenvalue weighted by molar-refractivity contribution is 7.92. The SMILES string of the molecule is O=C1CN(c2cc(CNCc3ccccc3)ccc2O)S(=O)(=O)N1. The molecule has 7 nitrogen and oxygen atoms in total. The summed E-state index contributed by atoms with van der Waals surface area (Å²) in [6, 6.07) is 14.6. The molecule has 0 radical (unpaired) electrons. The molecule has 1 amide bonds. The topological polar surface area (TPSA) is 98.7 Å². The normalized spacial score (nSPS) is 16.2. The fourth-order valence-electron chi connectivity index (χ4n) is 2.49. The third-order valence-corrected chi connectivity index (χ3v) is 5.02. The number of anilines is 1. The Morgan fingerprint density at radius 2 is 1.79 bits per heavy atom. The zero-order chi connectivity index (χ0) is 17.2. The quantitative estimate of drug-likeness (QED) is 0.745. The number of nitrogens with zero attached hydrogens (tertiary/aromatic N) is 1. The standard InChI is InChI=1S/C16H17N3O4S/c20-15-7-6-13(10-17-9-12-4-2-1-3-5-12)8-14(15)19-11-16(21)18-24(19,22)23/h1-8,17,20H,9-11H2,(H,18,21). The Balaban J connectivity index is 1.73. The Morgan fingerprint density at radius 1 is 1.08 bits per heavy atom. The maximum absolute atomic E-state index is 11.9. The summed E-state index contributed by atoms with van der Waals surface area (Å²) in [7, 11) is -3.94. The van der Waals surface area contributed by atoms with Gasteiger partial charge in [-0.25, -0.2) is 9.03 Å². The molecule has 1 heterocycles. The molecular formula is C16H17N3O4S. The molecule has 1 saturated heterocycles. The van der Waals surface area contributed by atoms with E-state index in [9.17, 15) is 18.3 Å². The number of amides is 1. The molecule has 0 bridgehead atoms. The first-order valence-electron chi connectivity index (χ1n) is 7.35. The van der Waals surface area contributed by atoms with Gasteiger partial charge in [-0.1, -0.05) is 36.4 Å². The van der Waals surface area contributed by atoms with E-state index in [4.69, 9.17) is 0 Å². The highest BCUT2D eigenvalue weighted by Crippen LogP contribution is 2.31. The fraction of sp³-hybridized carbons (Fsp3) is 0.188. The summed E-state index contributed by atoms with van der Waals surface area (Å²) < 4.78 is 26.6. The Bertz CT molecular complexity index is 853.